The molecule has 0 N–H and O–H groups in total. The number of anilines is 1. The van der Waals surface area contributed by atoms with Crippen molar-refractivity contribution in [1.29, 1.82) is 0 Å². The van der Waals surface area contributed by atoms with Crippen LogP contribution < -0.4 is 4.90 Å². The van der Waals surface area contributed by atoms with E-state index in [0.29, 0.717) is 22.5 Å². The number of benzene rings is 1. The van der Waals surface area contributed by atoms with Gasteiger partial charge in [0.1, 0.15) is 6.33 Å². The molecule has 3 rings (SSSR count). The van der Waals surface area contributed by atoms with Crippen LogP contribution in [-0.4, -0.2) is 29.0 Å². The molecule has 0 saturated heterocycles. The van der Waals surface area contributed by atoms with Crippen LogP contribution in [0.2, 0.25) is 0 Å². The van der Waals surface area contributed by atoms with Gasteiger partial charge in [0, 0.05) is 24.0 Å². The van der Waals surface area contributed by atoms with Gasteiger partial charge in [-0.1, -0.05) is 0 Å². The van der Waals surface area contributed by atoms with Crippen molar-refractivity contribution < 1.29 is 22.7 Å². The van der Waals surface area contributed by atoms with Crippen LogP contribution in [0.1, 0.15) is 27.2 Å². The zero-order chi connectivity index (χ0) is 17.3. The minimum Gasteiger partial charge on any atom is -0.375 e. The second-order valence-electron chi connectivity index (χ2n) is 5.37. The number of nitrogens with zero attached hydrogens (tertiary/aromatic N) is 3. The van der Waals surface area contributed by atoms with Crippen LogP contribution in [0.3, 0.4) is 0 Å². The van der Waals surface area contributed by atoms with Crippen LogP contribution in [0, 0.1) is 6.92 Å². The Labute approximate surface area is 136 Å². The third-order valence-electron chi connectivity index (χ3n) is 3.80. The van der Waals surface area contributed by atoms with Crippen LogP contribution >= 0.6 is 0 Å². The Morgan fingerprint density at radius 3 is 2.83 bits per heavy atom. The van der Waals surface area contributed by atoms with Gasteiger partial charge >= 0.3 is 6.18 Å². The van der Waals surface area contributed by atoms with E-state index < -0.39 is 11.7 Å². The molecule has 126 valence electrons. The maximum Gasteiger partial charge on any atom is 0.416 e. The first kappa shape index (κ1) is 16.4. The molecule has 5 nitrogen and oxygen atoms in total. The van der Waals surface area contributed by atoms with Crippen molar-refractivity contribution in [2.24, 2.45) is 0 Å². The van der Waals surface area contributed by atoms with Crippen molar-refractivity contribution in [1.82, 2.24) is 9.97 Å². The Morgan fingerprint density at radius 2 is 2.12 bits per heavy atom. The fourth-order valence-corrected chi connectivity index (χ4v) is 2.56. The van der Waals surface area contributed by atoms with Crippen LogP contribution in [-0.2, 0) is 17.5 Å². The average Bonchev–Trinajstić information content (AvgIpc) is 2.75. The van der Waals surface area contributed by atoms with Crippen molar-refractivity contribution in [3.05, 3.63) is 53.1 Å². The predicted molar refractivity (Wildman–Crippen MR) is 79.5 cm³/mol. The molecule has 8 heteroatoms. The highest BCUT2D eigenvalue weighted by molar-refractivity contribution is 6.07. The molecule has 0 unspecified atom stereocenters. The number of halogens is 3. The molecule has 0 saturated carbocycles. The molecule has 2 aromatic rings. The van der Waals surface area contributed by atoms with Gasteiger partial charge in [0.05, 0.1) is 30.0 Å². The molecule has 0 atom stereocenters. The van der Waals surface area contributed by atoms with Crippen LogP contribution in [0.15, 0.2) is 30.7 Å². The lowest BCUT2D eigenvalue weighted by Crippen LogP contribution is -2.34. The van der Waals surface area contributed by atoms with Gasteiger partial charge < -0.3 is 9.64 Å². The Bertz CT molecular complexity index is 777. The molecule has 0 bridgehead atoms. The third-order valence-corrected chi connectivity index (χ3v) is 3.80. The summed E-state index contributed by atoms with van der Waals surface area (Å²) in [4.78, 5) is 22.0. The number of rotatable bonds is 1. The number of fused-ring (bicyclic) bond motifs is 1. The van der Waals surface area contributed by atoms with Crippen LogP contribution in [0.4, 0.5) is 18.9 Å². The Balaban J connectivity index is 2.03. The van der Waals surface area contributed by atoms with Gasteiger partial charge in [0.25, 0.3) is 5.91 Å². The van der Waals surface area contributed by atoms with Gasteiger partial charge in [0.2, 0.25) is 0 Å². The van der Waals surface area contributed by atoms with E-state index in [0.717, 1.165) is 12.1 Å². The average molecular weight is 337 g/mol. The lowest BCUT2D eigenvalue weighted by molar-refractivity contribution is -0.137. The van der Waals surface area contributed by atoms with Gasteiger partial charge in [0.15, 0.2) is 0 Å². The quantitative estimate of drug-likeness (QED) is 0.803. The number of aryl methyl sites for hydroxylation is 1. The zero-order valence-corrected chi connectivity index (χ0v) is 12.8. The summed E-state index contributed by atoms with van der Waals surface area (Å²) in [6.07, 6.45) is -1.71. The second kappa shape index (κ2) is 6.20. The standard InChI is InChI=1S/C16H14F3N3O2/c1-10-13(7-20-9-21-10)15(23)22-4-5-24-8-11-6-12(16(17,18)19)2-3-14(11)22/h2-3,6-7,9H,4-5,8H2,1H3. The normalized spacial score (nSPS) is 14.9. The SMILES string of the molecule is Cc1ncncc1C(=O)N1CCOCc2cc(C(F)(F)F)ccc21. The van der Waals surface area contributed by atoms with Crippen molar-refractivity contribution in [3.63, 3.8) is 0 Å². The number of carbonyl (C=O) groups excluding carboxylic acids is 1. The topological polar surface area (TPSA) is 55.3 Å². The van der Waals surface area contributed by atoms with Gasteiger partial charge in [-0.05, 0) is 25.1 Å². The number of hydrogen-bond donors (Lipinski definition) is 0. The first-order valence-electron chi connectivity index (χ1n) is 7.24. The Kier molecular flexibility index (Phi) is 4.23. The zero-order valence-electron chi connectivity index (χ0n) is 12.8. The van der Waals surface area contributed by atoms with Crippen LogP contribution in [0.5, 0.6) is 0 Å². The smallest absolute Gasteiger partial charge is 0.375 e. The van der Waals surface area contributed by atoms with Gasteiger partial charge in [-0.2, -0.15) is 13.2 Å². The van der Waals surface area contributed by atoms with Crippen molar-refractivity contribution >= 4 is 11.6 Å². The van der Waals surface area contributed by atoms with E-state index in [-0.39, 0.29) is 25.7 Å². The first-order chi connectivity index (χ1) is 11.4. The van der Waals surface area contributed by atoms with Gasteiger partial charge in [-0.15, -0.1) is 0 Å². The molecule has 1 aromatic heterocycles. The van der Waals surface area contributed by atoms with E-state index in [1.807, 2.05) is 0 Å². The highest BCUT2D eigenvalue weighted by Crippen LogP contribution is 2.34. The van der Waals surface area contributed by atoms with Crippen molar-refractivity contribution in [2.45, 2.75) is 19.7 Å². The molecule has 24 heavy (non-hydrogen) atoms. The summed E-state index contributed by atoms with van der Waals surface area (Å²) in [5.74, 6) is -0.361. The number of hydrogen-bond acceptors (Lipinski definition) is 4. The van der Waals surface area contributed by atoms with Crippen molar-refractivity contribution in [2.75, 3.05) is 18.1 Å². The molecule has 1 aliphatic heterocycles. The summed E-state index contributed by atoms with van der Waals surface area (Å²) in [5.41, 5.74) is 0.788. The molecule has 1 aromatic carbocycles. The predicted octanol–water partition coefficient (Wildman–Crippen LogP) is 2.98. The molecular formula is C16H14F3N3O2. The van der Waals surface area contributed by atoms with Gasteiger partial charge in [-0.3, -0.25) is 4.79 Å². The molecule has 1 aliphatic rings. The summed E-state index contributed by atoms with van der Waals surface area (Å²) >= 11 is 0. The Hall–Kier alpha value is -2.48. The number of ether oxygens (including phenoxy) is 1. The first-order valence-corrected chi connectivity index (χ1v) is 7.24. The van der Waals surface area contributed by atoms with E-state index >= 15 is 0 Å². The lowest BCUT2D eigenvalue weighted by atomic mass is 10.1. The fourth-order valence-electron chi connectivity index (χ4n) is 2.56. The number of aromatic nitrogens is 2. The summed E-state index contributed by atoms with van der Waals surface area (Å²) in [5, 5.41) is 0. The van der Waals surface area contributed by atoms with E-state index in [1.165, 1.54) is 23.5 Å². The molecule has 0 fully saturated rings. The maximum atomic E-state index is 12.9. The largest absolute Gasteiger partial charge is 0.416 e. The summed E-state index contributed by atoms with van der Waals surface area (Å²) < 4.78 is 44.0. The van der Waals surface area contributed by atoms with E-state index in [4.69, 9.17) is 4.74 Å². The highest BCUT2D eigenvalue weighted by Gasteiger charge is 2.32. The molecular weight excluding hydrogens is 323 g/mol. The molecule has 0 aliphatic carbocycles. The molecule has 1 amide bonds. The van der Waals surface area contributed by atoms with Crippen LogP contribution in [0.25, 0.3) is 0 Å². The summed E-state index contributed by atoms with van der Waals surface area (Å²) in [6.45, 7) is 2.17. The van der Waals surface area contributed by atoms with E-state index in [2.05, 4.69) is 9.97 Å². The number of carbonyl (C=O) groups is 1. The lowest BCUT2D eigenvalue weighted by Gasteiger charge is -2.23. The van der Waals surface area contributed by atoms with Gasteiger partial charge in [-0.25, -0.2) is 9.97 Å². The monoisotopic (exact) mass is 337 g/mol. The summed E-state index contributed by atoms with van der Waals surface area (Å²) in [6, 6.07) is 3.30. The number of alkyl halides is 3. The van der Waals surface area contributed by atoms with Crippen molar-refractivity contribution in [3.8, 4) is 0 Å². The van der Waals surface area contributed by atoms with E-state index in [1.54, 1.807) is 6.92 Å². The molecule has 2 heterocycles. The molecule has 0 radical (unpaired) electrons. The number of amides is 1. The van der Waals surface area contributed by atoms with E-state index in [9.17, 15) is 18.0 Å². The summed E-state index contributed by atoms with van der Waals surface area (Å²) in [7, 11) is 0. The Morgan fingerprint density at radius 1 is 1.33 bits per heavy atom. The highest BCUT2D eigenvalue weighted by atomic mass is 19.4. The fraction of sp³-hybridized carbons (Fsp3) is 0.312. The second-order valence-corrected chi connectivity index (χ2v) is 5.37. The third kappa shape index (κ3) is 3.09. The maximum absolute atomic E-state index is 12.9. The molecule has 0 spiro atoms. The minimum atomic E-state index is -4.44. The minimum absolute atomic E-state index is 0.0211.